The number of thiazole rings is 1. The van der Waals surface area contributed by atoms with Crippen molar-refractivity contribution in [2.24, 2.45) is 0 Å². The lowest BCUT2D eigenvalue weighted by Crippen LogP contribution is -2.32. The average Bonchev–Trinajstić information content (AvgIpc) is 2.85. The van der Waals surface area contributed by atoms with E-state index >= 15 is 0 Å². The van der Waals surface area contributed by atoms with E-state index in [2.05, 4.69) is 4.98 Å². The first kappa shape index (κ1) is 18.0. The molecule has 0 bridgehead atoms. The summed E-state index contributed by atoms with van der Waals surface area (Å²) in [5.74, 6) is -3.40. The summed E-state index contributed by atoms with van der Waals surface area (Å²) >= 11 is 1.22. The Hall–Kier alpha value is -2.35. The number of hydrogen-bond donors (Lipinski definition) is 1. The minimum absolute atomic E-state index is 0.0142. The molecule has 0 spiro atoms. The minimum atomic E-state index is -1.05. The van der Waals surface area contributed by atoms with Gasteiger partial charge in [-0.1, -0.05) is 6.07 Å². The fraction of sp³-hybridized carbons (Fsp3) is 0.312. The molecule has 2 rings (SSSR count). The van der Waals surface area contributed by atoms with Crippen molar-refractivity contribution < 1.29 is 23.5 Å². The molecular formula is C16H16F2N2O3S. The van der Waals surface area contributed by atoms with E-state index in [1.54, 1.807) is 13.8 Å². The first-order valence-corrected chi connectivity index (χ1v) is 7.98. The summed E-state index contributed by atoms with van der Waals surface area (Å²) in [5.41, 5.74) is 0.944. The zero-order valence-electron chi connectivity index (χ0n) is 13.2. The average molecular weight is 354 g/mol. The first-order valence-electron chi connectivity index (χ1n) is 7.17. The van der Waals surface area contributed by atoms with E-state index in [1.165, 1.54) is 22.3 Å². The smallest absolute Gasteiger partial charge is 0.305 e. The molecule has 1 amide bonds. The minimum Gasteiger partial charge on any atom is -0.481 e. The van der Waals surface area contributed by atoms with Crippen molar-refractivity contribution in [3.63, 3.8) is 0 Å². The third-order valence-electron chi connectivity index (χ3n) is 3.34. The van der Waals surface area contributed by atoms with Crippen LogP contribution in [0.5, 0.6) is 0 Å². The Kier molecular flexibility index (Phi) is 5.61. The van der Waals surface area contributed by atoms with Crippen molar-refractivity contribution in [2.75, 3.05) is 6.54 Å². The highest BCUT2D eigenvalue weighted by Crippen LogP contribution is 2.21. The normalized spacial score (nSPS) is 10.7. The second-order valence-corrected chi connectivity index (χ2v) is 6.47. The number of aryl methyl sites for hydroxylation is 2. The van der Waals surface area contributed by atoms with Gasteiger partial charge in [0, 0.05) is 13.1 Å². The number of nitrogens with zero attached hydrogens (tertiary/aromatic N) is 2. The Bertz CT molecular complexity index is 777. The summed E-state index contributed by atoms with van der Waals surface area (Å²) in [6.45, 7) is 3.41. The van der Waals surface area contributed by atoms with Gasteiger partial charge in [0.05, 0.1) is 17.1 Å². The lowest BCUT2D eigenvalue weighted by atomic mass is 10.2. The van der Waals surface area contributed by atoms with E-state index in [0.717, 1.165) is 17.1 Å². The first-order chi connectivity index (χ1) is 11.3. The number of aliphatic carboxylic acids is 1. The molecular weight excluding hydrogens is 338 g/mol. The number of hydrogen-bond acceptors (Lipinski definition) is 4. The van der Waals surface area contributed by atoms with Crippen LogP contribution in [-0.4, -0.2) is 33.4 Å². The third-order valence-corrected chi connectivity index (χ3v) is 4.40. The number of aromatic nitrogens is 1. The molecule has 0 atom stereocenters. The number of benzene rings is 1. The van der Waals surface area contributed by atoms with Crippen LogP contribution in [0.15, 0.2) is 18.2 Å². The van der Waals surface area contributed by atoms with Crippen LogP contribution in [0, 0.1) is 25.5 Å². The van der Waals surface area contributed by atoms with E-state index < -0.39 is 17.6 Å². The molecule has 0 unspecified atom stereocenters. The number of amides is 1. The maximum absolute atomic E-state index is 13.4. The van der Waals surface area contributed by atoms with Crippen molar-refractivity contribution in [2.45, 2.75) is 26.8 Å². The number of halogens is 2. The van der Waals surface area contributed by atoms with Crippen molar-refractivity contribution in [3.05, 3.63) is 51.0 Å². The van der Waals surface area contributed by atoms with Gasteiger partial charge in [-0.15, -0.1) is 11.3 Å². The SMILES string of the molecule is Cc1nc(C)c(C(=O)N(CCC(=O)O)Cc2ccc(F)c(F)c2)s1. The number of carboxylic acids is 1. The molecule has 24 heavy (non-hydrogen) atoms. The molecule has 0 aliphatic carbocycles. The number of rotatable bonds is 6. The molecule has 5 nitrogen and oxygen atoms in total. The van der Waals surface area contributed by atoms with Crippen molar-refractivity contribution in [3.8, 4) is 0 Å². The van der Waals surface area contributed by atoms with Crippen molar-refractivity contribution in [1.29, 1.82) is 0 Å². The van der Waals surface area contributed by atoms with Gasteiger partial charge in [-0.3, -0.25) is 9.59 Å². The maximum Gasteiger partial charge on any atom is 0.305 e. The van der Waals surface area contributed by atoms with Gasteiger partial charge in [-0.05, 0) is 31.5 Å². The van der Waals surface area contributed by atoms with Crippen LogP contribution in [-0.2, 0) is 11.3 Å². The Morgan fingerprint density at radius 2 is 1.96 bits per heavy atom. The fourth-order valence-electron chi connectivity index (χ4n) is 2.21. The molecule has 128 valence electrons. The predicted molar refractivity (Wildman–Crippen MR) is 84.9 cm³/mol. The number of carbonyl (C=O) groups is 2. The summed E-state index contributed by atoms with van der Waals surface area (Å²) in [4.78, 5) is 29.4. The largest absolute Gasteiger partial charge is 0.481 e. The van der Waals surface area contributed by atoms with Crippen LogP contribution < -0.4 is 0 Å². The van der Waals surface area contributed by atoms with Gasteiger partial charge >= 0.3 is 5.97 Å². The molecule has 1 N–H and O–H groups in total. The van der Waals surface area contributed by atoms with Gasteiger partial charge in [0.25, 0.3) is 5.91 Å². The van der Waals surface area contributed by atoms with Crippen LogP contribution in [0.3, 0.4) is 0 Å². The van der Waals surface area contributed by atoms with E-state index in [9.17, 15) is 18.4 Å². The quantitative estimate of drug-likeness (QED) is 0.865. The molecule has 2 aromatic rings. The summed E-state index contributed by atoms with van der Waals surface area (Å²) < 4.78 is 26.4. The topological polar surface area (TPSA) is 70.5 Å². The van der Waals surface area contributed by atoms with Gasteiger partial charge in [0.1, 0.15) is 4.88 Å². The Morgan fingerprint density at radius 1 is 1.25 bits per heavy atom. The van der Waals surface area contributed by atoms with Crippen LogP contribution in [0.25, 0.3) is 0 Å². The van der Waals surface area contributed by atoms with Crippen LogP contribution in [0.2, 0.25) is 0 Å². The Labute approximate surface area is 141 Å². The lowest BCUT2D eigenvalue weighted by Gasteiger charge is -2.22. The Morgan fingerprint density at radius 3 is 2.50 bits per heavy atom. The summed E-state index contributed by atoms with van der Waals surface area (Å²) in [6.07, 6.45) is -0.244. The van der Waals surface area contributed by atoms with Crippen molar-refractivity contribution in [1.82, 2.24) is 9.88 Å². The zero-order valence-corrected chi connectivity index (χ0v) is 14.0. The molecule has 1 heterocycles. The molecule has 1 aromatic heterocycles. The highest BCUT2D eigenvalue weighted by atomic mass is 32.1. The second kappa shape index (κ2) is 7.48. The zero-order chi connectivity index (χ0) is 17.9. The van der Waals surface area contributed by atoms with E-state index in [0.29, 0.717) is 16.1 Å². The molecule has 0 radical (unpaired) electrons. The molecule has 8 heteroatoms. The van der Waals surface area contributed by atoms with Gasteiger partial charge in [0.15, 0.2) is 11.6 Å². The number of carboxylic acid groups (broad SMARTS) is 1. The predicted octanol–water partition coefficient (Wildman–Crippen LogP) is 3.16. The molecule has 0 saturated carbocycles. The van der Waals surface area contributed by atoms with Crippen LogP contribution in [0.4, 0.5) is 8.78 Å². The van der Waals surface area contributed by atoms with Gasteiger partial charge in [0.2, 0.25) is 0 Å². The molecule has 1 aromatic carbocycles. The molecule has 0 aliphatic rings. The van der Waals surface area contributed by atoms with E-state index in [-0.39, 0.29) is 25.4 Å². The molecule has 0 saturated heterocycles. The van der Waals surface area contributed by atoms with Gasteiger partial charge in [-0.25, -0.2) is 13.8 Å². The van der Waals surface area contributed by atoms with Gasteiger partial charge < -0.3 is 10.0 Å². The van der Waals surface area contributed by atoms with E-state index in [4.69, 9.17) is 5.11 Å². The third kappa shape index (κ3) is 4.35. The molecule has 0 fully saturated rings. The van der Waals surface area contributed by atoms with Crippen LogP contribution >= 0.6 is 11.3 Å². The standard InChI is InChI=1S/C16H16F2N2O3S/c1-9-15(24-10(2)19-9)16(23)20(6-5-14(21)22)8-11-3-4-12(17)13(18)7-11/h3-4,7H,5-6,8H2,1-2H3,(H,21,22). The van der Waals surface area contributed by atoms with Crippen molar-refractivity contribution >= 4 is 23.2 Å². The number of carbonyl (C=O) groups excluding carboxylic acids is 1. The molecule has 0 aliphatic heterocycles. The highest BCUT2D eigenvalue weighted by Gasteiger charge is 2.22. The van der Waals surface area contributed by atoms with Gasteiger partial charge in [-0.2, -0.15) is 0 Å². The highest BCUT2D eigenvalue weighted by molar-refractivity contribution is 7.13. The summed E-state index contributed by atoms with van der Waals surface area (Å²) in [5, 5.41) is 9.59. The van der Waals surface area contributed by atoms with Crippen LogP contribution in [0.1, 0.15) is 32.4 Å². The maximum atomic E-state index is 13.4. The monoisotopic (exact) mass is 354 g/mol. The second-order valence-electron chi connectivity index (χ2n) is 5.27. The Balaban J connectivity index is 2.26. The summed E-state index contributed by atoms with van der Waals surface area (Å²) in [7, 11) is 0. The fourth-order valence-corrected chi connectivity index (χ4v) is 3.10. The lowest BCUT2D eigenvalue weighted by molar-refractivity contribution is -0.137. The van der Waals surface area contributed by atoms with E-state index in [1.807, 2.05) is 0 Å². The summed E-state index contributed by atoms with van der Waals surface area (Å²) in [6, 6.07) is 3.35.